The lowest BCUT2D eigenvalue weighted by Gasteiger charge is -2.46. The van der Waals surface area contributed by atoms with Gasteiger partial charge in [0.05, 0.1) is 5.41 Å². The number of carbonyl (C=O) groups is 2. The lowest BCUT2D eigenvalue weighted by atomic mass is 9.72. The molecule has 0 spiro atoms. The third-order valence-electron chi connectivity index (χ3n) is 5.36. The number of hydrogen-bond acceptors (Lipinski definition) is 4. The molecular weight excluding hydrogens is 344 g/mol. The van der Waals surface area contributed by atoms with Crippen LogP contribution in [-0.4, -0.2) is 46.8 Å². The SMILES string of the molecule is CC[C@]1(C(=O)O)CCN(C(=O)OC(C)(C)C)C[C@H]1NC(C)c1ccccc1. The van der Waals surface area contributed by atoms with E-state index in [4.69, 9.17) is 4.74 Å². The van der Waals surface area contributed by atoms with Crippen LogP contribution in [0, 0.1) is 5.41 Å². The molecule has 27 heavy (non-hydrogen) atoms. The first-order chi connectivity index (χ1) is 12.6. The van der Waals surface area contributed by atoms with E-state index in [0.717, 1.165) is 5.56 Å². The minimum Gasteiger partial charge on any atom is -0.481 e. The summed E-state index contributed by atoms with van der Waals surface area (Å²) in [4.78, 5) is 26.3. The number of nitrogens with zero attached hydrogens (tertiary/aromatic N) is 1. The smallest absolute Gasteiger partial charge is 0.410 e. The third-order valence-corrected chi connectivity index (χ3v) is 5.36. The molecule has 0 bridgehead atoms. The Hall–Kier alpha value is -2.08. The van der Waals surface area contributed by atoms with E-state index in [9.17, 15) is 14.7 Å². The summed E-state index contributed by atoms with van der Waals surface area (Å²) in [6.45, 7) is 10.1. The molecular formula is C21H32N2O4. The number of carbonyl (C=O) groups excluding carboxylic acids is 1. The molecule has 1 saturated heterocycles. The van der Waals surface area contributed by atoms with Crippen molar-refractivity contribution in [3.63, 3.8) is 0 Å². The first-order valence-corrected chi connectivity index (χ1v) is 9.61. The van der Waals surface area contributed by atoms with Crippen molar-refractivity contribution in [3.05, 3.63) is 35.9 Å². The lowest BCUT2D eigenvalue weighted by molar-refractivity contribution is -0.154. The lowest BCUT2D eigenvalue weighted by Crippen LogP contribution is -2.61. The van der Waals surface area contributed by atoms with Crippen molar-refractivity contribution in [2.75, 3.05) is 13.1 Å². The summed E-state index contributed by atoms with van der Waals surface area (Å²) in [6, 6.07) is 9.52. The highest BCUT2D eigenvalue weighted by Gasteiger charge is 2.49. The van der Waals surface area contributed by atoms with E-state index >= 15 is 0 Å². The Morgan fingerprint density at radius 3 is 2.48 bits per heavy atom. The maximum Gasteiger partial charge on any atom is 0.410 e. The van der Waals surface area contributed by atoms with Crippen LogP contribution >= 0.6 is 0 Å². The number of ether oxygens (including phenoxy) is 1. The molecule has 1 aliphatic rings. The van der Waals surface area contributed by atoms with Crippen molar-refractivity contribution >= 4 is 12.1 Å². The van der Waals surface area contributed by atoms with Gasteiger partial charge >= 0.3 is 12.1 Å². The van der Waals surface area contributed by atoms with E-state index in [0.29, 0.717) is 25.9 Å². The van der Waals surface area contributed by atoms with Gasteiger partial charge in [-0.1, -0.05) is 37.3 Å². The Labute approximate surface area is 161 Å². The van der Waals surface area contributed by atoms with E-state index in [1.165, 1.54) is 0 Å². The van der Waals surface area contributed by atoms with Gasteiger partial charge in [0.25, 0.3) is 0 Å². The van der Waals surface area contributed by atoms with E-state index in [1.54, 1.807) is 4.90 Å². The van der Waals surface area contributed by atoms with Gasteiger partial charge < -0.3 is 20.1 Å². The Morgan fingerprint density at radius 1 is 1.33 bits per heavy atom. The maximum absolute atomic E-state index is 12.5. The molecule has 1 aromatic carbocycles. The Bertz CT molecular complexity index is 656. The van der Waals surface area contributed by atoms with Crippen LogP contribution in [0.4, 0.5) is 4.79 Å². The van der Waals surface area contributed by atoms with Gasteiger partial charge in [-0.3, -0.25) is 4.79 Å². The molecule has 0 radical (unpaired) electrons. The van der Waals surface area contributed by atoms with Gasteiger partial charge in [0.15, 0.2) is 0 Å². The summed E-state index contributed by atoms with van der Waals surface area (Å²) in [5.74, 6) is -0.813. The van der Waals surface area contributed by atoms with Crippen molar-refractivity contribution in [3.8, 4) is 0 Å². The number of nitrogens with one attached hydrogen (secondary N) is 1. The molecule has 1 heterocycles. The summed E-state index contributed by atoms with van der Waals surface area (Å²) in [6.07, 6.45) is 0.512. The summed E-state index contributed by atoms with van der Waals surface area (Å²) < 4.78 is 5.49. The van der Waals surface area contributed by atoms with Crippen LogP contribution in [0.15, 0.2) is 30.3 Å². The second-order valence-corrected chi connectivity index (χ2v) is 8.34. The van der Waals surface area contributed by atoms with E-state index in [2.05, 4.69) is 5.32 Å². The van der Waals surface area contributed by atoms with Crippen molar-refractivity contribution in [1.29, 1.82) is 0 Å². The number of likely N-dealkylation sites (tertiary alicyclic amines) is 1. The molecule has 0 aromatic heterocycles. The molecule has 2 N–H and O–H groups in total. The van der Waals surface area contributed by atoms with Gasteiger partial charge in [-0.25, -0.2) is 4.79 Å². The van der Waals surface area contributed by atoms with Gasteiger partial charge in [-0.15, -0.1) is 0 Å². The zero-order valence-corrected chi connectivity index (χ0v) is 17.0. The molecule has 0 saturated carbocycles. The fraction of sp³-hybridized carbons (Fsp3) is 0.619. The Morgan fingerprint density at radius 2 is 1.96 bits per heavy atom. The Balaban J connectivity index is 2.22. The number of carboxylic acid groups (broad SMARTS) is 1. The molecule has 1 fully saturated rings. The number of piperidine rings is 1. The van der Waals surface area contributed by atoms with Crippen molar-refractivity contribution in [1.82, 2.24) is 10.2 Å². The zero-order valence-electron chi connectivity index (χ0n) is 17.0. The van der Waals surface area contributed by atoms with Crippen LogP contribution in [0.5, 0.6) is 0 Å². The Kier molecular flexibility index (Phi) is 6.52. The molecule has 1 aromatic rings. The van der Waals surface area contributed by atoms with Crippen molar-refractivity contribution in [2.24, 2.45) is 5.41 Å². The van der Waals surface area contributed by atoms with Gasteiger partial charge in [-0.05, 0) is 46.1 Å². The number of benzene rings is 1. The van der Waals surface area contributed by atoms with Gasteiger partial charge in [0.2, 0.25) is 0 Å². The molecule has 1 unspecified atom stereocenters. The molecule has 1 aliphatic heterocycles. The number of amides is 1. The van der Waals surface area contributed by atoms with E-state index in [1.807, 2.05) is 65.0 Å². The molecule has 3 atom stereocenters. The number of carboxylic acids is 1. The summed E-state index contributed by atoms with van der Waals surface area (Å²) >= 11 is 0. The standard InChI is InChI=1S/C21H32N2O4/c1-6-21(18(24)25)12-13-23(19(26)27-20(3,4)5)14-17(21)22-15(2)16-10-8-7-9-11-16/h7-11,15,17,22H,6,12-14H2,1-5H3,(H,24,25)/t15?,17-,21+/m1/s1. The third kappa shape index (κ3) is 5.01. The molecule has 0 aliphatic carbocycles. The molecule has 2 rings (SSSR count). The first-order valence-electron chi connectivity index (χ1n) is 9.61. The highest BCUT2D eigenvalue weighted by molar-refractivity contribution is 5.77. The molecule has 150 valence electrons. The molecule has 1 amide bonds. The quantitative estimate of drug-likeness (QED) is 0.816. The van der Waals surface area contributed by atoms with Crippen LogP contribution < -0.4 is 5.32 Å². The molecule has 6 heteroatoms. The normalized spacial score (nSPS) is 24.3. The second kappa shape index (κ2) is 8.30. The van der Waals surface area contributed by atoms with Crippen LogP contribution in [-0.2, 0) is 9.53 Å². The van der Waals surface area contributed by atoms with Gasteiger partial charge in [0.1, 0.15) is 5.60 Å². The predicted octanol–water partition coefficient (Wildman–Crippen LogP) is 3.83. The highest BCUT2D eigenvalue weighted by Crippen LogP contribution is 2.37. The van der Waals surface area contributed by atoms with E-state index < -0.39 is 23.1 Å². The summed E-state index contributed by atoms with van der Waals surface area (Å²) in [7, 11) is 0. The minimum atomic E-state index is -0.901. The second-order valence-electron chi connectivity index (χ2n) is 8.34. The fourth-order valence-corrected chi connectivity index (χ4v) is 3.67. The van der Waals surface area contributed by atoms with Gasteiger partial charge in [0, 0.05) is 25.2 Å². The maximum atomic E-state index is 12.5. The highest BCUT2D eigenvalue weighted by atomic mass is 16.6. The number of hydrogen-bond donors (Lipinski definition) is 2. The average molecular weight is 376 g/mol. The zero-order chi connectivity index (χ0) is 20.2. The minimum absolute atomic E-state index is 0.0277. The van der Waals surface area contributed by atoms with E-state index in [-0.39, 0.29) is 12.1 Å². The van der Waals surface area contributed by atoms with Crippen molar-refractivity contribution < 1.29 is 19.4 Å². The van der Waals surface area contributed by atoms with Crippen molar-refractivity contribution in [2.45, 2.75) is 65.1 Å². The average Bonchev–Trinajstić information content (AvgIpc) is 2.60. The molecule has 6 nitrogen and oxygen atoms in total. The number of rotatable bonds is 5. The van der Waals surface area contributed by atoms with Crippen LogP contribution in [0.1, 0.15) is 59.1 Å². The largest absolute Gasteiger partial charge is 0.481 e. The first kappa shape index (κ1) is 21.2. The topological polar surface area (TPSA) is 78.9 Å². The predicted molar refractivity (Wildman–Crippen MR) is 105 cm³/mol. The van der Waals surface area contributed by atoms with Crippen LogP contribution in [0.2, 0.25) is 0 Å². The van der Waals surface area contributed by atoms with Gasteiger partial charge in [-0.2, -0.15) is 0 Å². The monoisotopic (exact) mass is 376 g/mol. The fourth-order valence-electron chi connectivity index (χ4n) is 3.67. The number of aliphatic carboxylic acids is 1. The van der Waals surface area contributed by atoms with Crippen LogP contribution in [0.3, 0.4) is 0 Å². The van der Waals surface area contributed by atoms with Crippen LogP contribution in [0.25, 0.3) is 0 Å². The summed E-state index contributed by atoms with van der Waals surface area (Å²) in [5.41, 5.74) is -0.396. The summed E-state index contributed by atoms with van der Waals surface area (Å²) in [5, 5.41) is 13.5.